The van der Waals surface area contributed by atoms with E-state index in [2.05, 4.69) is 19.8 Å². The number of rotatable bonds is 5. The molecule has 1 aliphatic heterocycles. The van der Waals surface area contributed by atoms with Gasteiger partial charge in [-0.2, -0.15) is 4.98 Å². The van der Waals surface area contributed by atoms with E-state index in [1.165, 1.54) is 12.3 Å². The number of carbonyl (C=O) groups is 1. The molecule has 1 aliphatic rings. The molecule has 0 unspecified atom stereocenters. The lowest BCUT2D eigenvalue weighted by Gasteiger charge is -2.25. The Kier molecular flexibility index (Phi) is 5.07. The molecular formula is C16H15N5O5S2. The third-order valence-corrected chi connectivity index (χ3v) is 6.74. The first-order valence-corrected chi connectivity index (χ1v) is 10.6. The summed E-state index contributed by atoms with van der Waals surface area (Å²) in [5.74, 6) is -0.361. The standard InChI is InChI=1S/C16H15N5O5S2/c22-16(21-4-6-25-7-5-21)15-18-14(19-26-15)11-8-13(27-10-11)28(23,24)20-12-2-1-3-17-9-12/h1-3,8-10,20H,4-7H2. The Morgan fingerprint density at radius 1 is 1.29 bits per heavy atom. The third kappa shape index (κ3) is 3.88. The highest BCUT2D eigenvalue weighted by molar-refractivity contribution is 7.94. The number of nitrogens with zero attached hydrogens (tertiary/aromatic N) is 4. The van der Waals surface area contributed by atoms with Gasteiger partial charge in [0.1, 0.15) is 4.21 Å². The summed E-state index contributed by atoms with van der Waals surface area (Å²) in [6.45, 7) is 1.83. The highest BCUT2D eigenvalue weighted by Crippen LogP contribution is 2.28. The van der Waals surface area contributed by atoms with Crippen LogP contribution in [0.3, 0.4) is 0 Å². The summed E-state index contributed by atoms with van der Waals surface area (Å²) in [5, 5.41) is 5.39. The van der Waals surface area contributed by atoms with Gasteiger partial charge in [-0.1, -0.05) is 5.16 Å². The molecule has 1 amide bonds. The summed E-state index contributed by atoms with van der Waals surface area (Å²) in [7, 11) is -3.77. The van der Waals surface area contributed by atoms with E-state index in [1.807, 2.05) is 0 Å². The average molecular weight is 421 g/mol. The molecule has 1 fully saturated rings. The van der Waals surface area contributed by atoms with Crippen LogP contribution in [0.1, 0.15) is 10.7 Å². The van der Waals surface area contributed by atoms with Crippen LogP contribution in [0.4, 0.5) is 5.69 Å². The lowest BCUT2D eigenvalue weighted by atomic mass is 10.3. The molecule has 0 saturated carbocycles. The van der Waals surface area contributed by atoms with Gasteiger partial charge < -0.3 is 14.2 Å². The Hall–Kier alpha value is -2.83. The maximum Gasteiger partial charge on any atom is 0.316 e. The van der Waals surface area contributed by atoms with E-state index >= 15 is 0 Å². The lowest BCUT2D eigenvalue weighted by molar-refractivity contribution is 0.0272. The van der Waals surface area contributed by atoms with E-state index in [-0.39, 0.29) is 21.8 Å². The number of amides is 1. The van der Waals surface area contributed by atoms with E-state index in [0.29, 0.717) is 37.6 Å². The monoisotopic (exact) mass is 421 g/mol. The SMILES string of the molecule is O=C(c1nc(-c2csc(S(=O)(=O)Nc3cccnc3)c2)no1)N1CCOCC1. The number of aromatic nitrogens is 3. The summed E-state index contributed by atoms with van der Waals surface area (Å²) in [6.07, 6.45) is 2.96. The quantitative estimate of drug-likeness (QED) is 0.656. The Balaban J connectivity index is 1.51. The summed E-state index contributed by atoms with van der Waals surface area (Å²) < 4.78 is 37.8. The smallest absolute Gasteiger partial charge is 0.316 e. The fraction of sp³-hybridized carbons (Fsp3) is 0.250. The third-order valence-electron chi connectivity index (χ3n) is 3.92. The van der Waals surface area contributed by atoms with Gasteiger partial charge in [-0.05, 0) is 18.2 Å². The second kappa shape index (κ2) is 7.66. The Bertz CT molecular complexity index is 1070. The molecule has 0 bridgehead atoms. The Morgan fingerprint density at radius 3 is 2.86 bits per heavy atom. The molecule has 12 heteroatoms. The van der Waals surface area contributed by atoms with Gasteiger partial charge in [0.05, 0.1) is 25.1 Å². The van der Waals surface area contributed by atoms with Crippen molar-refractivity contribution in [1.29, 1.82) is 0 Å². The summed E-state index contributed by atoms with van der Waals surface area (Å²) in [4.78, 5) is 21.9. The van der Waals surface area contributed by atoms with E-state index in [0.717, 1.165) is 11.3 Å². The number of hydrogen-bond acceptors (Lipinski definition) is 9. The highest BCUT2D eigenvalue weighted by atomic mass is 32.2. The second-order valence-corrected chi connectivity index (χ2v) is 8.65. The number of pyridine rings is 1. The first-order chi connectivity index (χ1) is 13.5. The summed E-state index contributed by atoms with van der Waals surface area (Å²) in [6, 6.07) is 4.66. The predicted molar refractivity (Wildman–Crippen MR) is 99.4 cm³/mol. The van der Waals surface area contributed by atoms with Gasteiger partial charge in [-0.15, -0.1) is 11.3 Å². The minimum atomic E-state index is -3.77. The van der Waals surface area contributed by atoms with Crippen LogP contribution < -0.4 is 4.72 Å². The fourth-order valence-electron chi connectivity index (χ4n) is 2.53. The molecule has 1 saturated heterocycles. The maximum absolute atomic E-state index is 12.5. The summed E-state index contributed by atoms with van der Waals surface area (Å²) >= 11 is 1.01. The van der Waals surface area contributed by atoms with E-state index in [1.54, 1.807) is 28.6 Å². The maximum atomic E-state index is 12.5. The van der Waals surface area contributed by atoms with E-state index < -0.39 is 10.0 Å². The number of thiophene rings is 1. The largest absolute Gasteiger partial charge is 0.378 e. The van der Waals surface area contributed by atoms with Gasteiger partial charge >= 0.3 is 11.8 Å². The number of ether oxygens (including phenoxy) is 1. The molecule has 0 radical (unpaired) electrons. The van der Waals surface area contributed by atoms with Gasteiger partial charge in [0.2, 0.25) is 5.82 Å². The van der Waals surface area contributed by atoms with Crippen molar-refractivity contribution in [3.63, 3.8) is 0 Å². The normalized spacial score (nSPS) is 14.8. The molecule has 0 aliphatic carbocycles. The molecule has 146 valence electrons. The minimum Gasteiger partial charge on any atom is -0.378 e. The van der Waals surface area contributed by atoms with Crippen LogP contribution in [0.5, 0.6) is 0 Å². The summed E-state index contributed by atoms with van der Waals surface area (Å²) in [5.41, 5.74) is 0.803. The van der Waals surface area contributed by atoms with Crippen molar-refractivity contribution in [3.8, 4) is 11.4 Å². The first kappa shape index (κ1) is 18.5. The number of hydrogen-bond donors (Lipinski definition) is 1. The van der Waals surface area contributed by atoms with Gasteiger partial charge in [-0.25, -0.2) is 8.42 Å². The van der Waals surface area contributed by atoms with Gasteiger partial charge in [0.15, 0.2) is 0 Å². The zero-order chi connectivity index (χ0) is 19.6. The van der Waals surface area contributed by atoms with Crippen molar-refractivity contribution in [2.45, 2.75) is 4.21 Å². The molecule has 4 heterocycles. The topological polar surface area (TPSA) is 128 Å². The lowest BCUT2D eigenvalue weighted by Crippen LogP contribution is -2.40. The molecule has 0 atom stereocenters. The van der Waals surface area contributed by atoms with Crippen LogP contribution in [0.15, 0.2) is 44.7 Å². The van der Waals surface area contributed by atoms with Gasteiger partial charge in [0.25, 0.3) is 10.0 Å². The molecule has 0 aromatic carbocycles. The molecule has 0 spiro atoms. The Morgan fingerprint density at radius 2 is 2.11 bits per heavy atom. The minimum absolute atomic E-state index is 0.0807. The molecule has 10 nitrogen and oxygen atoms in total. The van der Waals surface area contributed by atoms with Gasteiger partial charge in [0, 0.05) is 30.2 Å². The molecular weight excluding hydrogens is 406 g/mol. The second-order valence-electron chi connectivity index (χ2n) is 5.83. The fourth-order valence-corrected chi connectivity index (χ4v) is 4.73. The van der Waals surface area contributed by atoms with Crippen LogP contribution in [0, 0.1) is 0 Å². The van der Waals surface area contributed by atoms with Crippen molar-refractivity contribution in [2.24, 2.45) is 0 Å². The zero-order valence-electron chi connectivity index (χ0n) is 14.4. The van der Waals surface area contributed by atoms with Crippen LogP contribution in [0.25, 0.3) is 11.4 Å². The number of morpholine rings is 1. The zero-order valence-corrected chi connectivity index (χ0v) is 16.1. The van der Waals surface area contributed by atoms with Crippen molar-refractivity contribution >= 4 is 33.0 Å². The first-order valence-electron chi connectivity index (χ1n) is 8.25. The van der Waals surface area contributed by atoms with Crippen LogP contribution in [-0.4, -0.2) is 60.7 Å². The van der Waals surface area contributed by atoms with Crippen LogP contribution >= 0.6 is 11.3 Å². The van der Waals surface area contributed by atoms with Gasteiger partial charge in [-0.3, -0.25) is 14.5 Å². The number of anilines is 1. The molecule has 1 N–H and O–H groups in total. The molecule has 4 rings (SSSR count). The number of sulfonamides is 1. The highest BCUT2D eigenvalue weighted by Gasteiger charge is 2.25. The van der Waals surface area contributed by atoms with Crippen molar-refractivity contribution in [1.82, 2.24) is 20.0 Å². The molecule has 3 aromatic heterocycles. The molecule has 3 aromatic rings. The van der Waals surface area contributed by atoms with Crippen molar-refractivity contribution in [2.75, 3.05) is 31.0 Å². The average Bonchev–Trinajstić information content (AvgIpc) is 3.38. The van der Waals surface area contributed by atoms with E-state index in [4.69, 9.17) is 9.26 Å². The van der Waals surface area contributed by atoms with E-state index in [9.17, 15) is 13.2 Å². The Labute approximate surface area is 164 Å². The van der Waals surface area contributed by atoms with Crippen LogP contribution in [-0.2, 0) is 14.8 Å². The van der Waals surface area contributed by atoms with Crippen LogP contribution in [0.2, 0.25) is 0 Å². The van der Waals surface area contributed by atoms with Crippen molar-refractivity contribution in [3.05, 3.63) is 41.9 Å². The number of carbonyl (C=O) groups excluding carboxylic acids is 1. The number of nitrogens with one attached hydrogen (secondary N) is 1. The molecule has 28 heavy (non-hydrogen) atoms. The predicted octanol–water partition coefficient (Wildman–Crippen LogP) is 1.47. The van der Waals surface area contributed by atoms with Crippen molar-refractivity contribution < 1.29 is 22.5 Å².